The molecule has 1 aliphatic carbocycles. The number of nitrogens with zero attached hydrogens (tertiary/aromatic N) is 1. The van der Waals surface area contributed by atoms with Crippen molar-refractivity contribution in [1.82, 2.24) is 10.2 Å². The van der Waals surface area contributed by atoms with Crippen LogP contribution in [0.3, 0.4) is 0 Å². The van der Waals surface area contributed by atoms with Gasteiger partial charge in [-0.1, -0.05) is 12.1 Å². The number of alkyl carbamates (subject to hydrolysis) is 1. The van der Waals surface area contributed by atoms with Crippen molar-refractivity contribution in [2.45, 2.75) is 57.8 Å². The zero-order chi connectivity index (χ0) is 17.0. The monoisotopic (exact) mass is 320 g/mol. The molecular weight excluding hydrogens is 292 g/mol. The molecule has 128 valence electrons. The van der Waals surface area contributed by atoms with Crippen LogP contribution in [0, 0.1) is 0 Å². The van der Waals surface area contributed by atoms with E-state index >= 15 is 0 Å². The second-order valence-electron chi connectivity index (χ2n) is 7.23. The molecule has 1 fully saturated rings. The smallest absolute Gasteiger partial charge is 0.407 e. The Morgan fingerprint density at radius 2 is 1.87 bits per heavy atom. The lowest BCUT2D eigenvalue weighted by Gasteiger charge is -2.41. The minimum absolute atomic E-state index is 0.216. The summed E-state index contributed by atoms with van der Waals surface area (Å²) in [5.41, 5.74) is 0.815. The normalized spacial score (nSPS) is 20.8. The lowest BCUT2D eigenvalue weighted by molar-refractivity contribution is 0.0409. The lowest BCUT2D eigenvalue weighted by Crippen LogP contribution is -2.53. The molecule has 0 saturated heterocycles. The van der Waals surface area contributed by atoms with Gasteiger partial charge in [0.2, 0.25) is 0 Å². The Kier molecular flexibility index (Phi) is 5.52. The Hall–Kier alpha value is -1.75. The summed E-state index contributed by atoms with van der Waals surface area (Å²) < 4.78 is 10.5. The molecule has 0 heterocycles. The fourth-order valence-electron chi connectivity index (χ4n) is 2.69. The van der Waals surface area contributed by atoms with Crippen LogP contribution in [-0.2, 0) is 11.3 Å². The number of amides is 1. The van der Waals surface area contributed by atoms with E-state index < -0.39 is 5.60 Å². The average Bonchev–Trinajstić information content (AvgIpc) is 2.41. The summed E-state index contributed by atoms with van der Waals surface area (Å²) in [7, 11) is 3.80. The van der Waals surface area contributed by atoms with Gasteiger partial charge in [0, 0.05) is 18.6 Å². The van der Waals surface area contributed by atoms with E-state index in [9.17, 15) is 4.79 Å². The second kappa shape index (κ2) is 7.21. The molecule has 1 N–H and O–H groups in total. The summed E-state index contributed by atoms with van der Waals surface area (Å²) in [5.74, 6) is 0.877. The maximum atomic E-state index is 11.7. The molecule has 1 saturated carbocycles. The van der Waals surface area contributed by atoms with E-state index in [0.717, 1.165) is 25.1 Å². The molecule has 0 aromatic heterocycles. The highest BCUT2D eigenvalue weighted by molar-refractivity contribution is 5.68. The van der Waals surface area contributed by atoms with Gasteiger partial charge < -0.3 is 14.8 Å². The lowest BCUT2D eigenvalue weighted by atomic mass is 9.85. The van der Waals surface area contributed by atoms with E-state index in [4.69, 9.17) is 9.47 Å². The molecular formula is C18H28N2O3. The summed E-state index contributed by atoms with van der Waals surface area (Å²) in [6, 6.07) is 8.85. The minimum Gasteiger partial charge on any atom is -0.497 e. The van der Waals surface area contributed by atoms with Gasteiger partial charge >= 0.3 is 6.09 Å². The van der Waals surface area contributed by atoms with Crippen molar-refractivity contribution >= 4 is 6.09 Å². The molecule has 23 heavy (non-hydrogen) atoms. The van der Waals surface area contributed by atoms with Crippen LogP contribution in [0.4, 0.5) is 4.79 Å². The number of hydrogen-bond acceptors (Lipinski definition) is 4. The van der Waals surface area contributed by atoms with E-state index in [2.05, 4.69) is 29.4 Å². The van der Waals surface area contributed by atoms with Crippen molar-refractivity contribution < 1.29 is 14.3 Å². The minimum atomic E-state index is -0.446. The van der Waals surface area contributed by atoms with Crippen molar-refractivity contribution in [3.8, 4) is 5.75 Å². The van der Waals surface area contributed by atoms with Gasteiger partial charge in [-0.2, -0.15) is 0 Å². The number of ether oxygens (including phenoxy) is 2. The highest BCUT2D eigenvalue weighted by Crippen LogP contribution is 2.26. The second-order valence-corrected chi connectivity index (χ2v) is 7.23. The van der Waals surface area contributed by atoms with Crippen LogP contribution in [0.5, 0.6) is 5.75 Å². The van der Waals surface area contributed by atoms with Gasteiger partial charge in [-0.05, 0) is 58.4 Å². The summed E-state index contributed by atoms with van der Waals surface area (Å²) in [6.45, 7) is 6.52. The zero-order valence-corrected chi connectivity index (χ0v) is 14.8. The molecule has 0 unspecified atom stereocenters. The van der Waals surface area contributed by atoms with Gasteiger partial charge in [-0.15, -0.1) is 0 Å². The maximum Gasteiger partial charge on any atom is 0.407 e. The van der Waals surface area contributed by atoms with Crippen molar-refractivity contribution in [2.75, 3.05) is 14.2 Å². The van der Waals surface area contributed by atoms with Crippen LogP contribution >= 0.6 is 0 Å². The summed E-state index contributed by atoms with van der Waals surface area (Å²) in [6.07, 6.45) is 1.61. The molecule has 1 aromatic carbocycles. The zero-order valence-electron chi connectivity index (χ0n) is 14.8. The molecule has 0 spiro atoms. The SMILES string of the molecule is COc1ccc(CN(C)C2CC(NC(=O)OC(C)(C)C)C2)cc1. The van der Waals surface area contributed by atoms with Crippen LogP contribution in [0.1, 0.15) is 39.2 Å². The van der Waals surface area contributed by atoms with E-state index in [-0.39, 0.29) is 12.1 Å². The first kappa shape index (κ1) is 17.6. The van der Waals surface area contributed by atoms with E-state index in [1.807, 2.05) is 32.9 Å². The predicted octanol–water partition coefficient (Wildman–Crippen LogP) is 3.18. The van der Waals surface area contributed by atoms with Gasteiger partial charge in [0.05, 0.1) is 7.11 Å². The van der Waals surface area contributed by atoms with Crippen molar-refractivity contribution in [1.29, 1.82) is 0 Å². The van der Waals surface area contributed by atoms with Crippen LogP contribution in [0.2, 0.25) is 0 Å². The van der Waals surface area contributed by atoms with Gasteiger partial charge in [-0.25, -0.2) is 4.79 Å². The molecule has 0 bridgehead atoms. The van der Waals surface area contributed by atoms with Gasteiger partial charge in [0.15, 0.2) is 0 Å². The maximum absolute atomic E-state index is 11.7. The summed E-state index contributed by atoms with van der Waals surface area (Å²) in [5, 5.41) is 2.93. The molecule has 0 atom stereocenters. The topological polar surface area (TPSA) is 50.8 Å². The third-order valence-electron chi connectivity index (χ3n) is 4.05. The van der Waals surface area contributed by atoms with Crippen LogP contribution in [0.15, 0.2) is 24.3 Å². The predicted molar refractivity (Wildman–Crippen MR) is 90.6 cm³/mol. The molecule has 1 aromatic rings. The van der Waals surface area contributed by atoms with Gasteiger partial charge in [0.1, 0.15) is 11.4 Å². The number of nitrogens with one attached hydrogen (secondary N) is 1. The first-order valence-corrected chi connectivity index (χ1v) is 8.09. The van der Waals surface area contributed by atoms with Crippen LogP contribution in [-0.4, -0.2) is 42.8 Å². The van der Waals surface area contributed by atoms with Gasteiger partial charge in [0.25, 0.3) is 0 Å². The van der Waals surface area contributed by atoms with E-state index in [0.29, 0.717) is 6.04 Å². The van der Waals surface area contributed by atoms with Crippen molar-refractivity contribution in [2.24, 2.45) is 0 Å². The fourth-order valence-corrected chi connectivity index (χ4v) is 2.69. The largest absolute Gasteiger partial charge is 0.497 e. The standard InChI is InChI=1S/C18H28N2O3/c1-18(2,3)23-17(21)19-14-10-15(11-14)20(4)12-13-6-8-16(22-5)9-7-13/h6-9,14-15H,10-12H2,1-5H3,(H,19,21). The number of carbonyl (C=O) groups excluding carboxylic acids is 1. The number of carbonyl (C=O) groups is 1. The quantitative estimate of drug-likeness (QED) is 0.905. The Morgan fingerprint density at radius 3 is 2.39 bits per heavy atom. The Balaban J connectivity index is 1.72. The van der Waals surface area contributed by atoms with Crippen molar-refractivity contribution in [3.63, 3.8) is 0 Å². The first-order chi connectivity index (χ1) is 10.8. The van der Waals surface area contributed by atoms with Crippen LogP contribution in [0.25, 0.3) is 0 Å². The average molecular weight is 320 g/mol. The third kappa shape index (κ3) is 5.43. The molecule has 1 amide bonds. The third-order valence-corrected chi connectivity index (χ3v) is 4.05. The Labute approximate surface area is 139 Å². The highest BCUT2D eigenvalue weighted by atomic mass is 16.6. The van der Waals surface area contributed by atoms with Crippen LogP contribution < -0.4 is 10.1 Å². The van der Waals surface area contributed by atoms with Crippen molar-refractivity contribution in [3.05, 3.63) is 29.8 Å². The number of hydrogen-bond donors (Lipinski definition) is 1. The highest BCUT2D eigenvalue weighted by Gasteiger charge is 2.33. The number of methoxy groups -OCH3 is 1. The van der Waals surface area contributed by atoms with E-state index in [1.165, 1.54) is 5.56 Å². The molecule has 2 rings (SSSR count). The molecule has 5 heteroatoms. The molecule has 1 aliphatic rings. The fraction of sp³-hybridized carbons (Fsp3) is 0.611. The summed E-state index contributed by atoms with van der Waals surface area (Å²) >= 11 is 0. The number of benzene rings is 1. The summed E-state index contributed by atoms with van der Waals surface area (Å²) in [4.78, 5) is 14.1. The molecule has 5 nitrogen and oxygen atoms in total. The van der Waals surface area contributed by atoms with E-state index in [1.54, 1.807) is 7.11 Å². The Morgan fingerprint density at radius 1 is 1.26 bits per heavy atom. The Bertz CT molecular complexity index is 516. The molecule has 0 aliphatic heterocycles. The van der Waals surface area contributed by atoms with Gasteiger partial charge in [-0.3, -0.25) is 4.90 Å². The molecule has 0 radical (unpaired) electrons. The number of rotatable bonds is 5. The first-order valence-electron chi connectivity index (χ1n) is 8.09.